The van der Waals surface area contributed by atoms with E-state index < -0.39 is 5.60 Å². The number of tetrazole rings is 1. The van der Waals surface area contributed by atoms with Crippen LogP contribution in [0.1, 0.15) is 32.9 Å². The van der Waals surface area contributed by atoms with Crippen molar-refractivity contribution in [2.75, 3.05) is 6.54 Å². The maximum Gasteiger partial charge on any atom is 0.410 e. The highest BCUT2D eigenvalue weighted by Gasteiger charge is 2.29. The van der Waals surface area contributed by atoms with E-state index in [4.69, 9.17) is 16.3 Å². The van der Waals surface area contributed by atoms with E-state index in [-0.39, 0.29) is 6.09 Å². The average Bonchev–Trinajstić information content (AvgIpc) is 2.93. The van der Waals surface area contributed by atoms with Crippen LogP contribution in [0.3, 0.4) is 0 Å². The Hall–Kier alpha value is -2.16. The minimum atomic E-state index is -0.539. The highest BCUT2D eigenvalue weighted by atomic mass is 35.5. The summed E-state index contributed by atoms with van der Waals surface area (Å²) >= 11 is 6.51. The zero-order valence-electron chi connectivity index (χ0n) is 14.2. The maximum absolute atomic E-state index is 12.4. The predicted molar refractivity (Wildman–Crippen MR) is 86.3 cm³/mol. The Morgan fingerprint density at radius 1 is 1.29 bits per heavy atom. The number of nitrogens with zero attached hydrogens (tertiary/aromatic N) is 7. The standard InChI is InChI=1S/C14H20ClN7O2/c1-14(2,3)24-13(23)21-6-5-7-22-9(8-21)10(15)11(17-22)12-16-18-19-20(12)4/h5-8H2,1-4H3. The summed E-state index contributed by atoms with van der Waals surface area (Å²) in [7, 11) is 1.73. The quantitative estimate of drug-likeness (QED) is 0.777. The van der Waals surface area contributed by atoms with E-state index in [1.54, 1.807) is 11.9 Å². The van der Waals surface area contributed by atoms with Gasteiger partial charge in [0, 0.05) is 20.1 Å². The Labute approximate surface area is 144 Å². The molecule has 24 heavy (non-hydrogen) atoms. The number of fused-ring (bicyclic) bond motifs is 1. The van der Waals surface area contributed by atoms with Crippen LogP contribution in [0, 0.1) is 0 Å². The van der Waals surface area contributed by atoms with Gasteiger partial charge in [0.1, 0.15) is 5.60 Å². The number of carbonyl (C=O) groups excluding carboxylic acids is 1. The number of carbonyl (C=O) groups is 1. The second-order valence-electron chi connectivity index (χ2n) is 6.71. The number of hydrogen-bond donors (Lipinski definition) is 0. The fourth-order valence-electron chi connectivity index (χ4n) is 2.54. The molecule has 0 saturated carbocycles. The van der Waals surface area contributed by atoms with E-state index >= 15 is 0 Å². The number of aryl methyl sites for hydroxylation is 2. The molecule has 0 bridgehead atoms. The molecule has 0 unspecified atom stereocenters. The van der Waals surface area contributed by atoms with Crippen LogP contribution in [0.15, 0.2) is 0 Å². The van der Waals surface area contributed by atoms with Crippen LogP contribution in [0.25, 0.3) is 11.5 Å². The van der Waals surface area contributed by atoms with E-state index in [1.807, 2.05) is 25.5 Å². The molecule has 0 aromatic carbocycles. The molecule has 0 fully saturated rings. The molecule has 2 aromatic rings. The molecule has 0 aliphatic carbocycles. The Balaban J connectivity index is 1.90. The molecule has 0 atom stereocenters. The van der Waals surface area contributed by atoms with Gasteiger partial charge in [-0.3, -0.25) is 4.68 Å². The number of hydrogen-bond acceptors (Lipinski definition) is 6. The normalized spacial score (nSPS) is 15.1. The van der Waals surface area contributed by atoms with E-state index in [0.29, 0.717) is 36.2 Å². The summed E-state index contributed by atoms with van der Waals surface area (Å²) in [5, 5.41) is 16.4. The summed E-state index contributed by atoms with van der Waals surface area (Å²) in [5.41, 5.74) is 0.742. The number of ether oxygens (including phenoxy) is 1. The van der Waals surface area contributed by atoms with Crippen molar-refractivity contribution < 1.29 is 9.53 Å². The van der Waals surface area contributed by atoms with Gasteiger partial charge in [-0.25, -0.2) is 9.48 Å². The summed E-state index contributed by atoms with van der Waals surface area (Å²) in [6, 6.07) is 0. The van der Waals surface area contributed by atoms with Crippen molar-refractivity contribution in [1.82, 2.24) is 34.9 Å². The van der Waals surface area contributed by atoms with Gasteiger partial charge < -0.3 is 9.64 Å². The van der Waals surface area contributed by atoms with E-state index in [1.165, 1.54) is 4.68 Å². The highest BCUT2D eigenvalue weighted by molar-refractivity contribution is 6.33. The molecule has 130 valence electrons. The largest absolute Gasteiger partial charge is 0.444 e. The summed E-state index contributed by atoms with van der Waals surface area (Å²) < 4.78 is 8.79. The Kier molecular flexibility index (Phi) is 4.20. The zero-order valence-corrected chi connectivity index (χ0v) is 14.9. The van der Waals surface area contributed by atoms with Crippen molar-refractivity contribution in [1.29, 1.82) is 0 Å². The average molecular weight is 354 g/mol. The van der Waals surface area contributed by atoms with Crippen LogP contribution in [0.5, 0.6) is 0 Å². The zero-order chi connectivity index (χ0) is 17.5. The molecule has 3 rings (SSSR count). The van der Waals surface area contributed by atoms with Crippen molar-refractivity contribution in [3.05, 3.63) is 10.7 Å². The van der Waals surface area contributed by atoms with E-state index in [2.05, 4.69) is 20.6 Å². The van der Waals surface area contributed by atoms with Gasteiger partial charge in [0.05, 0.1) is 17.3 Å². The Morgan fingerprint density at radius 3 is 2.67 bits per heavy atom. The first-order valence-corrected chi connectivity index (χ1v) is 8.10. The fourth-order valence-corrected chi connectivity index (χ4v) is 2.82. The summed E-state index contributed by atoms with van der Waals surface area (Å²) in [5.74, 6) is 0.490. The monoisotopic (exact) mass is 353 g/mol. The molecular formula is C14H20ClN7O2. The molecule has 9 nitrogen and oxygen atoms in total. The van der Waals surface area contributed by atoms with Gasteiger partial charge in [-0.05, 0) is 37.6 Å². The lowest BCUT2D eigenvalue weighted by atomic mass is 10.2. The molecule has 1 amide bonds. The summed E-state index contributed by atoms with van der Waals surface area (Å²) in [6.45, 7) is 7.14. The third-order valence-electron chi connectivity index (χ3n) is 3.62. The maximum atomic E-state index is 12.4. The fraction of sp³-hybridized carbons (Fsp3) is 0.643. The first-order chi connectivity index (χ1) is 11.3. The molecule has 2 aromatic heterocycles. The van der Waals surface area contributed by atoms with E-state index in [0.717, 1.165) is 12.1 Å². The first-order valence-electron chi connectivity index (χ1n) is 7.72. The molecular weight excluding hydrogens is 334 g/mol. The van der Waals surface area contributed by atoms with Crippen LogP contribution in [-0.2, 0) is 24.9 Å². The Morgan fingerprint density at radius 2 is 2.04 bits per heavy atom. The minimum Gasteiger partial charge on any atom is -0.444 e. The lowest BCUT2D eigenvalue weighted by Gasteiger charge is -2.26. The molecule has 0 N–H and O–H groups in total. The van der Waals surface area contributed by atoms with Gasteiger partial charge in [0.15, 0.2) is 5.69 Å². The second kappa shape index (κ2) is 6.04. The van der Waals surface area contributed by atoms with Crippen molar-refractivity contribution in [3.8, 4) is 11.5 Å². The third kappa shape index (κ3) is 3.21. The van der Waals surface area contributed by atoms with Gasteiger partial charge in [0.2, 0.25) is 5.82 Å². The minimum absolute atomic E-state index is 0.339. The van der Waals surface area contributed by atoms with E-state index in [9.17, 15) is 4.79 Å². The van der Waals surface area contributed by atoms with Gasteiger partial charge in [-0.2, -0.15) is 5.10 Å². The molecule has 1 aliphatic rings. The second-order valence-corrected chi connectivity index (χ2v) is 7.09. The molecule has 0 spiro atoms. The predicted octanol–water partition coefficient (Wildman–Crippen LogP) is 1.87. The number of halogens is 1. The van der Waals surface area contributed by atoms with Crippen LogP contribution in [-0.4, -0.2) is 53.1 Å². The number of amides is 1. The number of rotatable bonds is 1. The molecule has 3 heterocycles. The smallest absolute Gasteiger partial charge is 0.410 e. The van der Waals surface area contributed by atoms with Crippen LogP contribution in [0.2, 0.25) is 5.02 Å². The highest BCUT2D eigenvalue weighted by Crippen LogP contribution is 2.31. The van der Waals surface area contributed by atoms with Gasteiger partial charge in [-0.1, -0.05) is 11.6 Å². The summed E-state index contributed by atoms with van der Waals surface area (Å²) in [6.07, 6.45) is 0.413. The summed E-state index contributed by atoms with van der Waals surface area (Å²) in [4.78, 5) is 14.0. The SMILES string of the molecule is Cn1nnnc1-c1nn2c(c1Cl)CN(C(=O)OC(C)(C)C)CCC2. The lowest BCUT2D eigenvalue weighted by molar-refractivity contribution is 0.0236. The van der Waals surface area contributed by atoms with Crippen molar-refractivity contribution in [2.45, 2.75) is 45.9 Å². The van der Waals surface area contributed by atoms with Crippen molar-refractivity contribution in [3.63, 3.8) is 0 Å². The van der Waals surface area contributed by atoms with Gasteiger partial charge in [0.25, 0.3) is 0 Å². The van der Waals surface area contributed by atoms with Crippen molar-refractivity contribution >= 4 is 17.7 Å². The van der Waals surface area contributed by atoms with Gasteiger partial charge in [-0.15, -0.1) is 5.10 Å². The molecule has 10 heteroatoms. The van der Waals surface area contributed by atoms with Crippen LogP contribution < -0.4 is 0 Å². The lowest BCUT2D eigenvalue weighted by Crippen LogP contribution is -2.36. The Bertz CT molecular complexity index is 762. The van der Waals surface area contributed by atoms with Crippen LogP contribution in [0.4, 0.5) is 4.79 Å². The topological polar surface area (TPSA) is 91.0 Å². The van der Waals surface area contributed by atoms with Crippen molar-refractivity contribution in [2.24, 2.45) is 7.05 Å². The first kappa shape index (κ1) is 16.7. The molecule has 1 aliphatic heterocycles. The third-order valence-corrected chi connectivity index (χ3v) is 4.01. The van der Waals surface area contributed by atoms with Gasteiger partial charge >= 0.3 is 6.09 Å². The molecule has 0 radical (unpaired) electrons. The molecule has 0 saturated heterocycles. The van der Waals surface area contributed by atoms with Crippen LogP contribution >= 0.6 is 11.6 Å². The number of aromatic nitrogens is 6.